The number of carbonyl (C=O) groups excluding carboxylic acids is 1. The Balaban J connectivity index is 1.93. The van der Waals surface area contributed by atoms with Crippen LogP contribution in [0.5, 0.6) is 0 Å². The zero-order valence-electron chi connectivity index (χ0n) is 12.4. The molecule has 2 aromatic carbocycles. The molecule has 0 spiro atoms. The maximum atomic E-state index is 12.6. The molecule has 1 aliphatic rings. The van der Waals surface area contributed by atoms with Gasteiger partial charge in [0.05, 0.1) is 11.0 Å². The molecule has 2 atom stereocenters. The van der Waals surface area contributed by atoms with Crippen LogP contribution in [0, 0.1) is 10.1 Å². The lowest BCUT2D eigenvalue weighted by molar-refractivity contribution is -0.384. The highest BCUT2D eigenvalue weighted by molar-refractivity contribution is 6.02. The summed E-state index contributed by atoms with van der Waals surface area (Å²) in [5.41, 5.74) is 2.26. The number of anilines is 1. The lowest BCUT2D eigenvalue weighted by Gasteiger charge is -2.30. The van der Waals surface area contributed by atoms with Crippen LogP contribution in [-0.2, 0) is 0 Å². The summed E-state index contributed by atoms with van der Waals surface area (Å²) in [6.45, 7) is 3.82. The highest BCUT2D eigenvalue weighted by atomic mass is 16.6. The summed E-state index contributed by atoms with van der Waals surface area (Å²) < 4.78 is 0. The number of nitro groups is 1. The number of non-ortho nitro benzene ring substituents is 1. The molecule has 0 unspecified atom stereocenters. The van der Waals surface area contributed by atoms with Gasteiger partial charge in [-0.3, -0.25) is 14.9 Å². The van der Waals surface area contributed by atoms with Gasteiger partial charge < -0.3 is 5.32 Å². The highest BCUT2D eigenvalue weighted by Crippen LogP contribution is 2.37. The Morgan fingerprint density at radius 3 is 2.65 bits per heavy atom. The molecular formula is C18H16N2O3. The quantitative estimate of drug-likeness (QED) is 0.402. The van der Waals surface area contributed by atoms with Gasteiger partial charge in [0.2, 0.25) is 0 Å². The van der Waals surface area contributed by atoms with Crippen molar-refractivity contribution >= 4 is 17.2 Å². The molecule has 3 rings (SSSR count). The number of Topliss-reactive ketones (excluding diaryl/α,β-unsaturated/α-hetero) is 1. The maximum Gasteiger partial charge on any atom is 0.269 e. The number of allylic oxidation sites excluding steroid dienone is 1. The predicted octanol–water partition coefficient (Wildman–Crippen LogP) is 3.93. The minimum absolute atomic E-state index is 0.0152. The van der Waals surface area contributed by atoms with Crippen LogP contribution < -0.4 is 5.32 Å². The molecule has 0 saturated carbocycles. The molecule has 0 saturated heterocycles. The number of ketones is 1. The topological polar surface area (TPSA) is 72.2 Å². The molecule has 5 heteroatoms. The first kappa shape index (κ1) is 15.0. The van der Waals surface area contributed by atoms with Crippen molar-refractivity contribution in [2.24, 2.45) is 0 Å². The van der Waals surface area contributed by atoms with Crippen molar-refractivity contribution in [1.29, 1.82) is 0 Å². The van der Waals surface area contributed by atoms with Crippen molar-refractivity contribution in [1.82, 2.24) is 0 Å². The Morgan fingerprint density at radius 1 is 1.26 bits per heavy atom. The van der Waals surface area contributed by atoms with Crippen LogP contribution in [0.4, 0.5) is 11.4 Å². The van der Waals surface area contributed by atoms with E-state index < -0.39 is 4.92 Å². The van der Waals surface area contributed by atoms with E-state index in [9.17, 15) is 14.9 Å². The molecule has 1 N–H and O–H groups in total. The number of nitrogens with zero attached hydrogens (tertiary/aromatic N) is 1. The first-order valence-electron chi connectivity index (χ1n) is 7.37. The Kier molecular flexibility index (Phi) is 3.93. The van der Waals surface area contributed by atoms with Crippen LogP contribution in [0.3, 0.4) is 0 Å². The minimum atomic E-state index is -0.415. The third-order valence-electron chi connectivity index (χ3n) is 4.12. The van der Waals surface area contributed by atoms with E-state index >= 15 is 0 Å². The Labute approximate surface area is 133 Å². The fourth-order valence-electron chi connectivity index (χ4n) is 2.93. The average Bonchev–Trinajstić information content (AvgIpc) is 2.60. The number of hydrogen-bond acceptors (Lipinski definition) is 4. The molecule has 0 aliphatic carbocycles. The van der Waals surface area contributed by atoms with Crippen molar-refractivity contribution in [3.05, 3.63) is 82.4 Å². The van der Waals surface area contributed by atoms with E-state index in [2.05, 4.69) is 11.9 Å². The van der Waals surface area contributed by atoms with E-state index in [1.807, 2.05) is 18.2 Å². The normalized spacial score (nSPS) is 19.3. The zero-order valence-corrected chi connectivity index (χ0v) is 12.4. The Hall–Kier alpha value is -2.95. The second-order valence-corrected chi connectivity index (χ2v) is 5.53. The Morgan fingerprint density at radius 2 is 2.00 bits per heavy atom. The minimum Gasteiger partial charge on any atom is -0.375 e. The Bertz CT molecular complexity index is 771. The van der Waals surface area contributed by atoms with Crippen LogP contribution in [0.1, 0.15) is 28.3 Å². The van der Waals surface area contributed by atoms with Crippen molar-refractivity contribution < 1.29 is 9.72 Å². The molecule has 0 amide bonds. The molecule has 0 aromatic heterocycles. The van der Waals surface area contributed by atoms with E-state index in [0.29, 0.717) is 12.0 Å². The van der Waals surface area contributed by atoms with Crippen LogP contribution >= 0.6 is 0 Å². The van der Waals surface area contributed by atoms with E-state index in [4.69, 9.17) is 0 Å². The second-order valence-electron chi connectivity index (χ2n) is 5.53. The molecule has 5 nitrogen and oxygen atoms in total. The molecular weight excluding hydrogens is 292 g/mol. The first-order chi connectivity index (χ1) is 11.1. The second kappa shape index (κ2) is 6.04. The summed E-state index contributed by atoms with van der Waals surface area (Å²) in [7, 11) is 0. The van der Waals surface area contributed by atoms with Gasteiger partial charge in [-0.2, -0.15) is 0 Å². The standard InChI is InChI=1S/C18H16N2O3/c1-2-12-10-17(18(21)13-6-4-3-5-7-13)19-16-9-8-14(20(22)23)11-15(12)16/h2-9,11-12,17,19H,1,10H2/t12-,17-/m1/s1. The molecule has 2 aromatic rings. The molecule has 0 radical (unpaired) electrons. The number of fused-ring (bicyclic) bond motifs is 1. The molecule has 1 aliphatic heterocycles. The van der Waals surface area contributed by atoms with Gasteiger partial charge in [-0.15, -0.1) is 6.58 Å². The van der Waals surface area contributed by atoms with E-state index in [0.717, 1.165) is 11.3 Å². The fraction of sp³-hybridized carbons (Fsp3) is 0.167. The summed E-state index contributed by atoms with van der Waals surface area (Å²) in [6.07, 6.45) is 2.28. The molecule has 0 bridgehead atoms. The van der Waals surface area contributed by atoms with Gasteiger partial charge in [-0.25, -0.2) is 0 Å². The van der Waals surface area contributed by atoms with Gasteiger partial charge in [-0.1, -0.05) is 36.4 Å². The predicted molar refractivity (Wildman–Crippen MR) is 88.8 cm³/mol. The summed E-state index contributed by atoms with van der Waals surface area (Å²) in [5.74, 6) is -0.0785. The SMILES string of the molecule is C=C[C@@H]1C[C@H](C(=O)c2ccccc2)Nc2ccc([N+](=O)[O-])cc21. The van der Waals surface area contributed by atoms with Gasteiger partial charge in [0.15, 0.2) is 5.78 Å². The maximum absolute atomic E-state index is 12.6. The van der Waals surface area contributed by atoms with E-state index in [1.165, 1.54) is 6.07 Å². The zero-order chi connectivity index (χ0) is 16.4. The highest BCUT2D eigenvalue weighted by Gasteiger charge is 2.30. The van der Waals surface area contributed by atoms with Crippen molar-refractivity contribution in [2.45, 2.75) is 18.4 Å². The summed E-state index contributed by atoms with van der Waals surface area (Å²) in [5, 5.41) is 14.2. The number of benzene rings is 2. The van der Waals surface area contributed by atoms with Crippen molar-refractivity contribution in [3.63, 3.8) is 0 Å². The first-order valence-corrected chi connectivity index (χ1v) is 7.37. The van der Waals surface area contributed by atoms with Gasteiger partial charge in [0.25, 0.3) is 5.69 Å². The van der Waals surface area contributed by atoms with Crippen LogP contribution in [0.2, 0.25) is 0 Å². The van der Waals surface area contributed by atoms with Crippen LogP contribution in [-0.4, -0.2) is 16.7 Å². The van der Waals surface area contributed by atoms with E-state index in [1.54, 1.807) is 30.3 Å². The number of rotatable bonds is 4. The summed E-state index contributed by atoms with van der Waals surface area (Å²) >= 11 is 0. The number of nitro benzene ring substituents is 1. The fourth-order valence-corrected chi connectivity index (χ4v) is 2.93. The van der Waals surface area contributed by atoms with Crippen molar-refractivity contribution in [2.75, 3.05) is 5.32 Å². The van der Waals surface area contributed by atoms with E-state index in [-0.39, 0.29) is 23.4 Å². The van der Waals surface area contributed by atoms with Gasteiger partial charge >= 0.3 is 0 Å². The van der Waals surface area contributed by atoms with Gasteiger partial charge in [-0.05, 0) is 18.1 Å². The number of hydrogen-bond donors (Lipinski definition) is 1. The lowest BCUT2D eigenvalue weighted by atomic mass is 9.84. The third kappa shape index (κ3) is 2.85. The molecule has 116 valence electrons. The molecule has 1 heterocycles. The van der Waals surface area contributed by atoms with Crippen molar-refractivity contribution in [3.8, 4) is 0 Å². The number of nitrogens with one attached hydrogen (secondary N) is 1. The lowest BCUT2D eigenvalue weighted by Crippen LogP contribution is -2.35. The number of carbonyl (C=O) groups is 1. The largest absolute Gasteiger partial charge is 0.375 e. The molecule has 23 heavy (non-hydrogen) atoms. The molecule has 0 fully saturated rings. The smallest absolute Gasteiger partial charge is 0.269 e. The third-order valence-corrected chi connectivity index (χ3v) is 4.12. The summed E-state index contributed by atoms with van der Waals surface area (Å²) in [4.78, 5) is 23.2. The van der Waals surface area contributed by atoms with Crippen LogP contribution in [0.25, 0.3) is 0 Å². The van der Waals surface area contributed by atoms with Gasteiger partial charge in [0, 0.05) is 29.3 Å². The van der Waals surface area contributed by atoms with Crippen LogP contribution in [0.15, 0.2) is 61.2 Å². The van der Waals surface area contributed by atoms with Gasteiger partial charge in [0.1, 0.15) is 0 Å². The average molecular weight is 308 g/mol. The monoisotopic (exact) mass is 308 g/mol. The summed E-state index contributed by atoms with van der Waals surface area (Å²) in [6, 6.07) is 13.4.